The highest BCUT2D eigenvalue weighted by Crippen LogP contribution is 2.48. The maximum absolute atomic E-state index is 13.4. The summed E-state index contributed by atoms with van der Waals surface area (Å²) in [5.74, 6) is -0.203. The molecule has 12 heteroatoms. The van der Waals surface area contributed by atoms with Crippen LogP contribution in [0.4, 0.5) is 5.69 Å². The van der Waals surface area contributed by atoms with Crippen molar-refractivity contribution in [2.45, 2.75) is 68.6 Å². The average Bonchev–Trinajstić information content (AvgIpc) is 3.18. The molecule has 0 aromatic heterocycles. The van der Waals surface area contributed by atoms with Crippen LogP contribution in [0.3, 0.4) is 0 Å². The van der Waals surface area contributed by atoms with Gasteiger partial charge >= 0.3 is 0 Å². The van der Waals surface area contributed by atoms with E-state index < -0.39 is 26.8 Å². The standard InChI is InChI=1S/C34H41ClN2O6S.C2H7N.ClH/c1-22-6-4-15-34(20-38,42-3)29-11-8-26(29)18-37-19-33(14-5-7-24-16-27(35)10-12-28(24)33)21-43-31-13-9-25(17-30(31)37)32(39)36-44(40,41)23(22)2;1-3-2;/h4,9-10,12-13,15-17,20,22-23,26,29H,5-8,11,14,18-19,21H2,1-3H3,(H,36,39);3H,1-2H3;1H/b15-4+;;/t22-,23+,26-,29+,33-,34-;;/m0../s1. The molecule has 2 heterocycles. The highest BCUT2D eigenvalue weighted by atomic mass is 35.5. The van der Waals surface area contributed by atoms with Crippen LogP contribution in [0.15, 0.2) is 48.6 Å². The number of carbonyl (C=O) groups excluding carboxylic acids is 2. The number of benzene rings is 2. The number of amides is 1. The minimum Gasteiger partial charge on any atom is -0.490 e. The zero-order valence-electron chi connectivity index (χ0n) is 28.5. The zero-order chi connectivity index (χ0) is 34.0. The zero-order valence-corrected chi connectivity index (χ0v) is 30.8. The molecule has 2 aliphatic carbocycles. The highest BCUT2D eigenvalue weighted by molar-refractivity contribution is 7.90. The van der Waals surface area contributed by atoms with E-state index in [2.05, 4.69) is 27.1 Å². The Balaban J connectivity index is 0.00000125. The summed E-state index contributed by atoms with van der Waals surface area (Å²) in [5, 5.41) is 2.63. The molecule has 2 aromatic carbocycles. The van der Waals surface area contributed by atoms with Gasteiger partial charge in [-0.3, -0.25) is 9.59 Å². The summed E-state index contributed by atoms with van der Waals surface area (Å²) >= 11 is 6.40. The Labute approximate surface area is 296 Å². The maximum Gasteiger partial charge on any atom is 0.264 e. The molecular formula is C36H49Cl2N3O6S. The van der Waals surface area contributed by atoms with Gasteiger partial charge in [0.1, 0.15) is 11.4 Å². The van der Waals surface area contributed by atoms with Crippen LogP contribution in [0, 0.1) is 17.8 Å². The Hall–Kier alpha value is -2.63. The number of hydrogen-bond donors (Lipinski definition) is 2. The van der Waals surface area contributed by atoms with Gasteiger partial charge in [0.15, 0.2) is 6.29 Å². The van der Waals surface area contributed by atoms with E-state index in [9.17, 15) is 18.0 Å². The molecule has 1 spiro atoms. The largest absolute Gasteiger partial charge is 0.490 e. The predicted molar refractivity (Wildman–Crippen MR) is 193 cm³/mol. The van der Waals surface area contributed by atoms with E-state index >= 15 is 0 Å². The normalized spacial score (nSPS) is 31.5. The predicted octanol–water partition coefficient (Wildman–Crippen LogP) is 5.72. The van der Waals surface area contributed by atoms with Crippen molar-refractivity contribution in [3.05, 3.63) is 70.3 Å². The molecule has 1 fully saturated rings. The van der Waals surface area contributed by atoms with Gasteiger partial charge in [-0.25, -0.2) is 13.1 Å². The average molecular weight is 723 g/mol. The van der Waals surface area contributed by atoms with Crippen molar-refractivity contribution in [3.63, 3.8) is 0 Å². The maximum atomic E-state index is 13.4. The summed E-state index contributed by atoms with van der Waals surface area (Å²) in [6.45, 7) is 5.17. The number of sulfonamides is 1. The van der Waals surface area contributed by atoms with Crippen LogP contribution in [0.1, 0.15) is 67.4 Å². The molecule has 264 valence electrons. The summed E-state index contributed by atoms with van der Waals surface area (Å²) in [7, 11) is 1.34. The second-order valence-corrected chi connectivity index (χ2v) is 16.2. The Morgan fingerprint density at radius 3 is 2.56 bits per heavy atom. The highest BCUT2D eigenvalue weighted by Gasteiger charge is 2.49. The lowest BCUT2D eigenvalue weighted by Gasteiger charge is -2.48. The number of ether oxygens (including phenoxy) is 2. The number of hydrogen-bond acceptors (Lipinski definition) is 8. The lowest BCUT2D eigenvalue weighted by atomic mass is 9.64. The molecule has 4 aliphatic rings. The molecule has 1 saturated carbocycles. The number of aldehydes is 1. The molecular weight excluding hydrogens is 673 g/mol. The van der Waals surface area contributed by atoms with Crippen LogP contribution >= 0.6 is 24.0 Å². The topological polar surface area (TPSA) is 114 Å². The molecule has 2 aromatic rings. The third-order valence-electron chi connectivity index (χ3n) is 10.7. The van der Waals surface area contributed by atoms with E-state index in [0.717, 1.165) is 44.1 Å². The second-order valence-electron chi connectivity index (χ2n) is 13.7. The molecule has 6 rings (SSSR count). The monoisotopic (exact) mass is 721 g/mol. The lowest BCUT2D eigenvalue weighted by molar-refractivity contribution is -0.135. The summed E-state index contributed by atoms with van der Waals surface area (Å²) in [4.78, 5) is 28.4. The van der Waals surface area contributed by atoms with Crippen molar-refractivity contribution in [1.29, 1.82) is 0 Å². The van der Waals surface area contributed by atoms with Crippen molar-refractivity contribution in [2.24, 2.45) is 17.8 Å². The summed E-state index contributed by atoms with van der Waals surface area (Å²) in [6.07, 6.45) is 9.65. The molecule has 0 saturated heterocycles. The summed E-state index contributed by atoms with van der Waals surface area (Å²) < 4.78 is 41.3. The van der Waals surface area contributed by atoms with Gasteiger partial charge in [-0.2, -0.15) is 0 Å². The fourth-order valence-corrected chi connectivity index (χ4v) is 9.16. The number of rotatable bonds is 2. The minimum absolute atomic E-state index is 0. The van der Waals surface area contributed by atoms with Crippen molar-refractivity contribution >= 4 is 51.9 Å². The Morgan fingerprint density at radius 2 is 1.90 bits per heavy atom. The number of allylic oxidation sites excluding steroid dienone is 1. The van der Waals surface area contributed by atoms with Gasteiger partial charge in [-0.15, -0.1) is 12.4 Å². The Morgan fingerprint density at radius 1 is 1.15 bits per heavy atom. The van der Waals surface area contributed by atoms with Gasteiger partial charge in [-0.05, 0) is 119 Å². The van der Waals surface area contributed by atoms with E-state index in [-0.39, 0.29) is 41.1 Å². The van der Waals surface area contributed by atoms with E-state index in [0.29, 0.717) is 36.9 Å². The number of aryl methyl sites for hydroxylation is 1. The number of fused-ring (bicyclic) bond motifs is 4. The minimum atomic E-state index is -3.97. The third kappa shape index (κ3) is 7.43. The first-order valence-corrected chi connectivity index (χ1v) is 18.5. The van der Waals surface area contributed by atoms with Crippen molar-refractivity contribution in [1.82, 2.24) is 10.0 Å². The van der Waals surface area contributed by atoms with Crippen LogP contribution in [0.2, 0.25) is 5.02 Å². The summed E-state index contributed by atoms with van der Waals surface area (Å²) in [5.41, 5.74) is 2.05. The molecule has 0 radical (unpaired) electrons. The lowest BCUT2D eigenvalue weighted by Crippen LogP contribution is -2.53. The number of methoxy groups -OCH3 is 1. The van der Waals surface area contributed by atoms with Gasteiger partial charge < -0.3 is 19.7 Å². The van der Waals surface area contributed by atoms with Crippen LogP contribution in [0.25, 0.3) is 0 Å². The van der Waals surface area contributed by atoms with Gasteiger partial charge in [0.2, 0.25) is 10.0 Å². The molecule has 9 nitrogen and oxygen atoms in total. The van der Waals surface area contributed by atoms with Crippen molar-refractivity contribution in [3.8, 4) is 5.75 Å². The Bertz CT molecular complexity index is 1620. The number of halogens is 2. The fraction of sp³-hybridized carbons (Fsp3) is 0.556. The van der Waals surface area contributed by atoms with Gasteiger partial charge in [0.05, 0.1) is 17.5 Å². The van der Waals surface area contributed by atoms with Crippen molar-refractivity contribution in [2.75, 3.05) is 45.8 Å². The SMILES string of the molecule is CNC.CO[C@]1(C=O)/C=C/C[C@H](C)[C@@H](C)S(=O)(=O)NC(=O)c2ccc3c(c2)N(C[C@@H]2CC[C@H]21)C[C@@]1(CCCc2cc(Cl)ccc21)CO3.Cl. The number of anilines is 1. The van der Waals surface area contributed by atoms with E-state index in [1.807, 2.05) is 39.2 Å². The number of nitrogens with one attached hydrogen (secondary N) is 2. The molecule has 2 aliphatic heterocycles. The van der Waals surface area contributed by atoms with Crippen LogP contribution in [0.5, 0.6) is 5.75 Å². The molecule has 0 unspecified atom stereocenters. The van der Waals surface area contributed by atoms with E-state index in [1.54, 1.807) is 32.2 Å². The van der Waals surface area contributed by atoms with Gasteiger partial charge in [0, 0.05) is 42.1 Å². The van der Waals surface area contributed by atoms with Gasteiger partial charge in [0.25, 0.3) is 5.91 Å². The Kier molecular flexibility index (Phi) is 12.3. The van der Waals surface area contributed by atoms with Gasteiger partial charge in [-0.1, -0.05) is 30.7 Å². The van der Waals surface area contributed by atoms with Crippen molar-refractivity contribution < 1.29 is 27.5 Å². The smallest absolute Gasteiger partial charge is 0.264 e. The van der Waals surface area contributed by atoms with E-state index in [4.69, 9.17) is 21.1 Å². The first-order chi connectivity index (χ1) is 22.4. The quantitative estimate of drug-likeness (QED) is 0.299. The third-order valence-corrected chi connectivity index (χ3v) is 12.8. The fourth-order valence-electron chi connectivity index (χ4n) is 7.68. The molecule has 6 atom stereocenters. The first-order valence-electron chi connectivity index (χ1n) is 16.6. The first kappa shape index (κ1) is 38.2. The molecule has 2 bridgehead atoms. The second kappa shape index (κ2) is 15.5. The van der Waals surface area contributed by atoms with E-state index in [1.165, 1.54) is 11.1 Å². The van der Waals surface area contributed by atoms with Crippen LogP contribution in [-0.2, 0) is 31.4 Å². The molecule has 2 N–H and O–H groups in total. The van der Waals surface area contributed by atoms with Crippen LogP contribution < -0.4 is 19.7 Å². The molecule has 48 heavy (non-hydrogen) atoms. The van der Waals surface area contributed by atoms with Crippen LogP contribution in [-0.4, -0.2) is 72.4 Å². The molecule has 1 amide bonds. The summed E-state index contributed by atoms with van der Waals surface area (Å²) in [6, 6.07) is 11.3. The number of carbonyl (C=O) groups is 2. The number of nitrogens with zero attached hydrogens (tertiary/aromatic N) is 1.